The molecule has 3 rings (SSSR count). The van der Waals surface area contributed by atoms with E-state index >= 15 is 0 Å². The Morgan fingerprint density at radius 3 is 2.41 bits per heavy atom. The van der Waals surface area contributed by atoms with Gasteiger partial charge in [0.1, 0.15) is 5.75 Å². The highest BCUT2D eigenvalue weighted by molar-refractivity contribution is 7.89. The Labute approximate surface area is 177 Å². The number of amides is 1. The van der Waals surface area contributed by atoms with Gasteiger partial charge in [0.25, 0.3) is 0 Å². The normalized spacial score (nSPS) is 15.9. The molecule has 1 aliphatic heterocycles. The van der Waals surface area contributed by atoms with Gasteiger partial charge in [-0.3, -0.25) is 4.79 Å². The van der Waals surface area contributed by atoms with Gasteiger partial charge in [0.2, 0.25) is 15.9 Å². The maximum atomic E-state index is 12.9. The van der Waals surface area contributed by atoms with Crippen LogP contribution < -0.4 is 4.74 Å². The first-order valence-corrected chi connectivity index (χ1v) is 12.3. The molecule has 0 atom stereocenters. The van der Waals surface area contributed by atoms with E-state index < -0.39 is 10.0 Å². The van der Waals surface area contributed by atoms with Gasteiger partial charge < -0.3 is 9.64 Å². The molecule has 0 radical (unpaired) electrons. The third-order valence-corrected chi connectivity index (χ3v) is 7.97. The number of hydrogen-bond acceptors (Lipinski definition) is 5. The third-order valence-electron chi connectivity index (χ3n) is 5.20. The molecular weight excluding hydrogens is 408 g/mol. The van der Waals surface area contributed by atoms with Crippen LogP contribution in [0.1, 0.15) is 31.6 Å². The Hall–Kier alpha value is -1.90. The van der Waals surface area contributed by atoms with E-state index in [4.69, 9.17) is 4.74 Å². The van der Waals surface area contributed by atoms with Crippen molar-refractivity contribution >= 4 is 27.3 Å². The van der Waals surface area contributed by atoms with Gasteiger partial charge in [-0.1, -0.05) is 6.07 Å². The van der Waals surface area contributed by atoms with Crippen LogP contribution >= 0.6 is 11.3 Å². The first kappa shape index (κ1) is 21.8. The largest absolute Gasteiger partial charge is 0.494 e. The zero-order valence-electron chi connectivity index (χ0n) is 16.9. The number of ether oxygens (including phenoxy) is 1. The van der Waals surface area contributed by atoms with Crippen LogP contribution in [0.25, 0.3) is 0 Å². The number of benzene rings is 1. The van der Waals surface area contributed by atoms with E-state index in [0.717, 1.165) is 4.88 Å². The monoisotopic (exact) mass is 436 g/mol. The number of hydrogen-bond donors (Lipinski definition) is 0. The molecule has 29 heavy (non-hydrogen) atoms. The zero-order chi connectivity index (χ0) is 20.9. The second-order valence-electron chi connectivity index (χ2n) is 7.01. The van der Waals surface area contributed by atoms with Gasteiger partial charge >= 0.3 is 0 Å². The number of thiophene rings is 1. The van der Waals surface area contributed by atoms with Crippen LogP contribution in [0, 0.1) is 5.92 Å². The molecule has 0 aliphatic carbocycles. The van der Waals surface area contributed by atoms with E-state index in [1.165, 1.54) is 4.31 Å². The lowest BCUT2D eigenvalue weighted by Crippen LogP contribution is -2.44. The van der Waals surface area contributed by atoms with Crippen molar-refractivity contribution < 1.29 is 17.9 Å². The molecular formula is C21H28N2O4S2. The molecule has 0 spiro atoms. The zero-order valence-corrected chi connectivity index (χ0v) is 18.5. The van der Waals surface area contributed by atoms with Crippen LogP contribution in [0.15, 0.2) is 46.7 Å². The van der Waals surface area contributed by atoms with Gasteiger partial charge in [-0.2, -0.15) is 4.31 Å². The third kappa shape index (κ3) is 5.18. The van der Waals surface area contributed by atoms with E-state index in [1.807, 2.05) is 36.3 Å². The smallest absolute Gasteiger partial charge is 0.243 e. The van der Waals surface area contributed by atoms with Crippen LogP contribution in [-0.4, -0.2) is 49.8 Å². The lowest BCUT2D eigenvalue weighted by atomic mass is 9.96. The van der Waals surface area contributed by atoms with Gasteiger partial charge in [-0.05, 0) is 62.4 Å². The maximum Gasteiger partial charge on any atom is 0.243 e. The molecule has 1 fully saturated rings. The summed E-state index contributed by atoms with van der Waals surface area (Å²) in [5.74, 6) is 0.655. The molecule has 1 amide bonds. The number of piperidine rings is 1. The van der Waals surface area contributed by atoms with Crippen LogP contribution in [0.4, 0.5) is 0 Å². The van der Waals surface area contributed by atoms with E-state index in [2.05, 4.69) is 0 Å². The van der Waals surface area contributed by atoms with E-state index in [9.17, 15) is 13.2 Å². The SMILES string of the molecule is CCOc1ccc(S(=O)(=O)N2CCC(C(=O)N(CC)Cc3cccs3)CC2)cc1. The second kappa shape index (κ2) is 9.73. The van der Waals surface area contributed by atoms with E-state index in [0.29, 0.717) is 51.4 Å². The minimum Gasteiger partial charge on any atom is -0.494 e. The standard InChI is InChI=1S/C21H28N2O4S2/c1-3-22(16-19-6-5-15-28-19)21(24)17-11-13-23(14-12-17)29(25,26)20-9-7-18(8-10-20)27-4-2/h5-10,15,17H,3-4,11-14,16H2,1-2H3. The molecule has 2 aromatic rings. The Morgan fingerprint density at radius 2 is 1.86 bits per heavy atom. The first-order valence-electron chi connectivity index (χ1n) is 9.99. The minimum atomic E-state index is -3.56. The average molecular weight is 437 g/mol. The molecule has 6 nitrogen and oxygen atoms in total. The lowest BCUT2D eigenvalue weighted by Gasteiger charge is -2.33. The fraction of sp³-hybridized carbons (Fsp3) is 0.476. The Balaban J connectivity index is 1.60. The van der Waals surface area contributed by atoms with Crippen molar-refractivity contribution in [3.05, 3.63) is 46.7 Å². The lowest BCUT2D eigenvalue weighted by molar-refractivity contribution is -0.137. The van der Waals surface area contributed by atoms with Gasteiger partial charge in [-0.25, -0.2) is 8.42 Å². The Bertz CT molecular complexity index is 887. The molecule has 1 aromatic heterocycles. The van der Waals surface area contributed by atoms with E-state index in [-0.39, 0.29) is 16.7 Å². The highest BCUT2D eigenvalue weighted by atomic mass is 32.2. The van der Waals surface area contributed by atoms with Crippen molar-refractivity contribution in [2.24, 2.45) is 5.92 Å². The molecule has 158 valence electrons. The molecule has 1 saturated heterocycles. The van der Waals surface area contributed by atoms with E-state index in [1.54, 1.807) is 35.6 Å². The Morgan fingerprint density at radius 1 is 1.17 bits per heavy atom. The quantitative estimate of drug-likeness (QED) is 0.634. The average Bonchev–Trinajstić information content (AvgIpc) is 3.25. The van der Waals surface area contributed by atoms with Crippen molar-refractivity contribution in [3.63, 3.8) is 0 Å². The summed E-state index contributed by atoms with van der Waals surface area (Å²) in [6.45, 7) is 6.41. The molecule has 1 aliphatic rings. The van der Waals surface area contributed by atoms with Crippen LogP contribution in [0.5, 0.6) is 5.75 Å². The topological polar surface area (TPSA) is 66.9 Å². The number of nitrogens with zero attached hydrogens (tertiary/aromatic N) is 2. The van der Waals surface area contributed by atoms with Crippen LogP contribution in [0.2, 0.25) is 0 Å². The van der Waals surface area contributed by atoms with Crippen molar-refractivity contribution in [2.75, 3.05) is 26.2 Å². The molecule has 2 heterocycles. The number of rotatable bonds is 8. The molecule has 0 N–H and O–H groups in total. The number of carbonyl (C=O) groups is 1. The summed E-state index contributed by atoms with van der Waals surface area (Å²) >= 11 is 1.65. The van der Waals surface area contributed by atoms with Gasteiger partial charge in [0.15, 0.2) is 0 Å². The fourth-order valence-corrected chi connectivity index (χ4v) is 5.75. The predicted octanol–water partition coefficient (Wildman–Crippen LogP) is 3.60. The highest BCUT2D eigenvalue weighted by Gasteiger charge is 2.33. The summed E-state index contributed by atoms with van der Waals surface area (Å²) < 4.78 is 32.7. The van der Waals surface area contributed by atoms with Crippen molar-refractivity contribution in [1.29, 1.82) is 0 Å². The summed E-state index contributed by atoms with van der Waals surface area (Å²) in [6.07, 6.45) is 1.10. The molecule has 0 unspecified atom stereocenters. The van der Waals surface area contributed by atoms with Gasteiger partial charge in [-0.15, -0.1) is 11.3 Å². The number of sulfonamides is 1. The van der Waals surface area contributed by atoms with Gasteiger partial charge in [0, 0.05) is 30.4 Å². The van der Waals surface area contributed by atoms with Crippen molar-refractivity contribution in [1.82, 2.24) is 9.21 Å². The fourth-order valence-electron chi connectivity index (χ4n) is 3.56. The molecule has 0 saturated carbocycles. The van der Waals surface area contributed by atoms with Crippen LogP contribution in [0.3, 0.4) is 0 Å². The summed E-state index contributed by atoms with van der Waals surface area (Å²) in [4.78, 5) is 16.2. The van der Waals surface area contributed by atoms with Crippen molar-refractivity contribution in [2.45, 2.75) is 38.1 Å². The summed E-state index contributed by atoms with van der Waals surface area (Å²) in [6, 6.07) is 10.5. The predicted molar refractivity (Wildman–Crippen MR) is 115 cm³/mol. The molecule has 1 aromatic carbocycles. The second-order valence-corrected chi connectivity index (χ2v) is 9.98. The molecule has 0 bridgehead atoms. The first-order chi connectivity index (χ1) is 14.0. The van der Waals surface area contributed by atoms with Crippen molar-refractivity contribution in [3.8, 4) is 5.75 Å². The van der Waals surface area contributed by atoms with Gasteiger partial charge in [0.05, 0.1) is 18.0 Å². The maximum absolute atomic E-state index is 12.9. The Kier molecular flexibility index (Phi) is 7.32. The van der Waals surface area contributed by atoms with Crippen LogP contribution in [-0.2, 0) is 21.4 Å². The number of carbonyl (C=O) groups excluding carboxylic acids is 1. The molecule has 8 heteroatoms. The summed E-state index contributed by atoms with van der Waals surface area (Å²) in [7, 11) is -3.56. The summed E-state index contributed by atoms with van der Waals surface area (Å²) in [5, 5.41) is 2.01. The summed E-state index contributed by atoms with van der Waals surface area (Å²) in [5.41, 5.74) is 0. The highest BCUT2D eigenvalue weighted by Crippen LogP contribution is 2.27. The minimum absolute atomic E-state index is 0.123.